The number of amides is 1. The van der Waals surface area contributed by atoms with Gasteiger partial charge in [-0.3, -0.25) is 9.48 Å². The van der Waals surface area contributed by atoms with Crippen LogP contribution >= 0.6 is 0 Å². The number of nitrogens with zero attached hydrogens (tertiary/aromatic N) is 2. The molecule has 128 valence electrons. The first-order valence-corrected chi connectivity index (χ1v) is 7.55. The van der Waals surface area contributed by atoms with E-state index in [2.05, 4.69) is 10.4 Å². The molecular formula is C17H21N3O4. The molecule has 0 aliphatic rings. The minimum atomic E-state index is -1.08. The van der Waals surface area contributed by atoms with E-state index in [1.165, 1.54) is 25.3 Å². The van der Waals surface area contributed by atoms with Gasteiger partial charge < -0.3 is 15.2 Å². The largest absolute Gasteiger partial charge is 0.496 e. The van der Waals surface area contributed by atoms with Crippen LogP contribution in [0.4, 0.5) is 5.69 Å². The predicted molar refractivity (Wildman–Crippen MR) is 89.6 cm³/mol. The number of aromatic carboxylic acids is 1. The zero-order valence-corrected chi connectivity index (χ0v) is 14.2. The normalized spacial score (nSPS) is 11.8. The Hall–Kier alpha value is -2.83. The number of ether oxygens (including phenoxy) is 1. The van der Waals surface area contributed by atoms with Gasteiger partial charge in [0.05, 0.1) is 18.8 Å². The van der Waals surface area contributed by atoms with Gasteiger partial charge in [0.15, 0.2) is 0 Å². The number of aryl methyl sites for hydroxylation is 2. The Kier molecular flexibility index (Phi) is 5.23. The molecule has 2 aromatic rings. The molecule has 1 atom stereocenters. The molecule has 1 aromatic carbocycles. The maximum atomic E-state index is 12.2. The van der Waals surface area contributed by atoms with Gasteiger partial charge in [-0.1, -0.05) is 0 Å². The maximum absolute atomic E-state index is 12.2. The molecule has 2 N–H and O–H groups in total. The van der Waals surface area contributed by atoms with Crippen LogP contribution in [0.1, 0.15) is 41.1 Å². The molecule has 1 unspecified atom stereocenters. The van der Waals surface area contributed by atoms with Gasteiger partial charge in [0.1, 0.15) is 11.3 Å². The highest BCUT2D eigenvalue weighted by molar-refractivity contribution is 5.94. The van der Waals surface area contributed by atoms with Crippen LogP contribution in [0.2, 0.25) is 0 Å². The quantitative estimate of drug-likeness (QED) is 0.849. The highest BCUT2D eigenvalue weighted by Crippen LogP contribution is 2.24. The molecular weight excluding hydrogens is 310 g/mol. The second-order valence-corrected chi connectivity index (χ2v) is 5.69. The lowest BCUT2D eigenvalue weighted by Crippen LogP contribution is -2.19. The highest BCUT2D eigenvalue weighted by Gasteiger charge is 2.16. The summed E-state index contributed by atoms with van der Waals surface area (Å²) >= 11 is 0. The Morgan fingerprint density at radius 3 is 2.58 bits per heavy atom. The first-order valence-electron chi connectivity index (χ1n) is 7.55. The first-order chi connectivity index (χ1) is 11.3. The van der Waals surface area contributed by atoms with Crippen molar-refractivity contribution >= 4 is 17.6 Å². The molecule has 2 rings (SSSR count). The Morgan fingerprint density at radius 2 is 2.04 bits per heavy atom. The van der Waals surface area contributed by atoms with E-state index in [1.807, 2.05) is 31.5 Å². The SMILES string of the molecule is COc1cc(NC(=O)CC(C)n2nc(C)cc2C)ccc1C(=O)O. The molecule has 1 heterocycles. The lowest BCUT2D eigenvalue weighted by atomic mass is 10.1. The maximum Gasteiger partial charge on any atom is 0.339 e. The van der Waals surface area contributed by atoms with E-state index in [4.69, 9.17) is 9.84 Å². The topological polar surface area (TPSA) is 93.5 Å². The number of hydrogen-bond donors (Lipinski definition) is 2. The summed E-state index contributed by atoms with van der Waals surface area (Å²) in [6.45, 7) is 5.78. The van der Waals surface area contributed by atoms with E-state index >= 15 is 0 Å². The first kappa shape index (κ1) is 17.5. The molecule has 0 saturated heterocycles. The van der Waals surface area contributed by atoms with Crippen molar-refractivity contribution in [3.63, 3.8) is 0 Å². The number of carboxylic acid groups (broad SMARTS) is 1. The summed E-state index contributed by atoms with van der Waals surface area (Å²) in [5, 5.41) is 16.2. The molecule has 24 heavy (non-hydrogen) atoms. The van der Waals surface area contributed by atoms with Crippen molar-refractivity contribution < 1.29 is 19.4 Å². The fraction of sp³-hybridized carbons (Fsp3) is 0.353. The minimum absolute atomic E-state index is 0.0477. The number of hydrogen-bond acceptors (Lipinski definition) is 4. The van der Waals surface area contributed by atoms with Gasteiger partial charge in [0.25, 0.3) is 0 Å². The fourth-order valence-electron chi connectivity index (χ4n) is 2.60. The number of aromatic nitrogens is 2. The van der Waals surface area contributed by atoms with Crippen molar-refractivity contribution in [2.45, 2.75) is 33.2 Å². The third-order valence-corrected chi connectivity index (χ3v) is 3.66. The van der Waals surface area contributed by atoms with Gasteiger partial charge in [0, 0.05) is 23.9 Å². The van der Waals surface area contributed by atoms with Crippen LogP contribution in [-0.2, 0) is 4.79 Å². The summed E-state index contributed by atoms with van der Waals surface area (Å²) in [6.07, 6.45) is 0.255. The third-order valence-electron chi connectivity index (χ3n) is 3.66. The Bertz CT molecular complexity index is 767. The number of nitrogens with one attached hydrogen (secondary N) is 1. The second-order valence-electron chi connectivity index (χ2n) is 5.69. The Balaban J connectivity index is 2.07. The van der Waals surface area contributed by atoms with Gasteiger partial charge in [-0.25, -0.2) is 4.79 Å². The number of methoxy groups -OCH3 is 1. The van der Waals surface area contributed by atoms with Crippen LogP contribution in [0.5, 0.6) is 5.75 Å². The monoisotopic (exact) mass is 331 g/mol. The summed E-state index contributed by atoms with van der Waals surface area (Å²) in [7, 11) is 1.39. The standard InChI is InChI=1S/C17H21N3O4/c1-10-7-11(2)20(19-10)12(3)8-16(21)18-13-5-6-14(17(22)23)15(9-13)24-4/h5-7,9,12H,8H2,1-4H3,(H,18,21)(H,22,23). The van der Waals surface area contributed by atoms with Crippen molar-refractivity contribution in [3.8, 4) is 5.75 Å². The number of rotatable bonds is 6. The van der Waals surface area contributed by atoms with E-state index in [9.17, 15) is 9.59 Å². The molecule has 0 saturated carbocycles. The van der Waals surface area contributed by atoms with Gasteiger partial charge >= 0.3 is 5.97 Å². The zero-order chi connectivity index (χ0) is 17.9. The number of carbonyl (C=O) groups is 2. The molecule has 0 aliphatic heterocycles. The van der Waals surface area contributed by atoms with Gasteiger partial charge in [0.2, 0.25) is 5.91 Å². The molecule has 0 bridgehead atoms. The van der Waals surface area contributed by atoms with Crippen molar-refractivity contribution in [1.82, 2.24) is 9.78 Å². The second kappa shape index (κ2) is 7.16. The molecule has 7 nitrogen and oxygen atoms in total. The number of anilines is 1. The van der Waals surface area contributed by atoms with E-state index in [0.717, 1.165) is 11.4 Å². The number of benzene rings is 1. The average molecular weight is 331 g/mol. The van der Waals surface area contributed by atoms with Gasteiger partial charge in [-0.05, 0) is 39.0 Å². The highest BCUT2D eigenvalue weighted by atomic mass is 16.5. The van der Waals surface area contributed by atoms with Crippen LogP contribution in [0, 0.1) is 13.8 Å². The van der Waals surface area contributed by atoms with Crippen LogP contribution in [0.15, 0.2) is 24.3 Å². The summed E-state index contributed by atoms with van der Waals surface area (Å²) in [4.78, 5) is 23.3. The molecule has 1 aromatic heterocycles. The van der Waals surface area contributed by atoms with Crippen molar-refractivity contribution in [2.75, 3.05) is 12.4 Å². The minimum Gasteiger partial charge on any atom is -0.496 e. The molecule has 7 heteroatoms. The summed E-state index contributed by atoms with van der Waals surface area (Å²) in [5.74, 6) is -1.06. The lowest BCUT2D eigenvalue weighted by molar-refractivity contribution is -0.116. The average Bonchev–Trinajstić information content (AvgIpc) is 2.85. The van der Waals surface area contributed by atoms with Gasteiger partial charge in [-0.15, -0.1) is 0 Å². The van der Waals surface area contributed by atoms with Crippen molar-refractivity contribution in [1.29, 1.82) is 0 Å². The van der Waals surface area contributed by atoms with E-state index in [-0.39, 0.29) is 29.7 Å². The molecule has 0 fully saturated rings. The van der Waals surface area contributed by atoms with Crippen LogP contribution < -0.4 is 10.1 Å². The number of carbonyl (C=O) groups excluding carboxylic acids is 1. The fourth-order valence-corrected chi connectivity index (χ4v) is 2.60. The summed E-state index contributed by atoms with van der Waals surface area (Å²) in [6, 6.07) is 6.32. The van der Waals surface area contributed by atoms with Crippen LogP contribution in [0.25, 0.3) is 0 Å². The van der Waals surface area contributed by atoms with Gasteiger partial charge in [-0.2, -0.15) is 5.10 Å². The van der Waals surface area contributed by atoms with Crippen LogP contribution in [0.3, 0.4) is 0 Å². The lowest BCUT2D eigenvalue weighted by Gasteiger charge is -2.15. The van der Waals surface area contributed by atoms with E-state index < -0.39 is 5.97 Å². The van der Waals surface area contributed by atoms with E-state index in [1.54, 1.807) is 0 Å². The van der Waals surface area contributed by atoms with Crippen molar-refractivity contribution in [3.05, 3.63) is 41.2 Å². The summed E-state index contributed by atoms with van der Waals surface area (Å²) < 4.78 is 6.87. The van der Waals surface area contributed by atoms with Crippen LogP contribution in [-0.4, -0.2) is 33.9 Å². The molecule has 0 radical (unpaired) electrons. The smallest absolute Gasteiger partial charge is 0.339 e. The third kappa shape index (κ3) is 3.92. The Morgan fingerprint density at radius 1 is 1.33 bits per heavy atom. The number of carboxylic acids is 1. The predicted octanol–water partition coefficient (Wildman–Crippen LogP) is 2.80. The Labute approximate surface area is 140 Å². The zero-order valence-electron chi connectivity index (χ0n) is 14.2. The summed E-state index contributed by atoms with van der Waals surface area (Å²) in [5.41, 5.74) is 2.45. The molecule has 1 amide bonds. The van der Waals surface area contributed by atoms with Crippen molar-refractivity contribution in [2.24, 2.45) is 0 Å². The molecule has 0 aliphatic carbocycles. The molecule has 0 spiro atoms. The van der Waals surface area contributed by atoms with E-state index in [0.29, 0.717) is 5.69 Å².